The molecule has 0 bridgehead atoms. The molecule has 0 amide bonds. The highest BCUT2D eigenvalue weighted by Crippen LogP contribution is 2.20. The maximum absolute atomic E-state index is 12.9. The number of nitrogens with zero attached hydrogens (tertiary/aromatic N) is 3. The van der Waals surface area contributed by atoms with Crippen LogP contribution in [0, 0.1) is 5.92 Å². The third-order valence-electron chi connectivity index (χ3n) is 4.77. The van der Waals surface area contributed by atoms with Gasteiger partial charge in [-0.1, -0.05) is 26.0 Å². The van der Waals surface area contributed by atoms with Gasteiger partial charge in [-0.15, -0.1) is 0 Å². The highest BCUT2D eigenvalue weighted by Gasteiger charge is 2.16. The zero-order chi connectivity index (χ0) is 20.3. The number of benzene rings is 1. The minimum Gasteiger partial charge on any atom is -0.314 e. The van der Waals surface area contributed by atoms with Crippen molar-refractivity contribution in [1.29, 1.82) is 0 Å². The summed E-state index contributed by atoms with van der Waals surface area (Å²) in [5.74, 6) is 0.292. The number of piperazine rings is 1. The molecule has 1 fully saturated rings. The Bertz CT molecular complexity index is 976. The monoisotopic (exact) mass is 404 g/mol. The first kappa shape index (κ1) is 20.7. The van der Waals surface area contributed by atoms with Crippen molar-refractivity contribution in [2.75, 3.05) is 32.4 Å². The molecule has 0 saturated carbocycles. The van der Waals surface area contributed by atoms with Gasteiger partial charge in [-0.3, -0.25) is 9.69 Å². The van der Waals surface area contributed by atoms with Gasteiger partial charge >= 0.3 is 0 Å². The van der Waals surface area contributed by atoms with Gasteiger partial charge in [-0.25, -0.2) is 13.1 Å². The van der Waals surface area contributed by atoms with E-state index in [0.29, 0.717) is 24.7 Å². The summed E-state index contributed by atoms with van der Waals surface area (Å²) in [7, 11) is -3.25. The van der Waals surface area contributed by atoms with E-state index in [-0.39, 0.29) is 10.5 Å². The van der Waals surface area contributed by atoms with Gasteiger partial charge in [0, 0.05) is 56.7 Å². The van der Waals surface area contributed by atoms with E-state index in [1.54, 1.807) is 28.9 Å². The molecule has 1 aliphatic rings. The first-order valence-corrected chi connectivity index (χ1v) is 11.5. The van der Waals surface area contributed by atoms with Gasteiger partial charge in [-0.2, -0.15) is 5.10 Å². The van der Waals surface area contributed by atoms with Crippen LogP contribution >= 0.6 is 0 Å². The van der Waals surface area contributed by atoms with Crippen LogP contribution in [-0.4, -0.2) is 55.5 Å². The summed E-state index contributed by atoms with van der Waals surface area (Å²) in [6, 6.07) is 8.51. The fourth-order valence-electron chi connectivity index (χ4n) is 3.30. The zero-order valence-corrected chi connectivity index (χ0v) is 17.5. The summed E-state index contributed by atoms with van der Waals surface area (Å²) in [6.45, 7) is 8.90. The molecule has 0 unspecified atom stereocenters. The topological polar surface area (TPSA) is 84.3 Å². The van der Waals surface area contributed by atoms with E-state index in [2.05, 4.69) is 29.2 Å². The third kappa shape index (κ3) is 5.06. The first-order chi connectivity index (χ1) is 13.2. The number of sulfone groups is 1. The van der Waals surface area contributed by atoms with E-state index in [4.69, 9.17) is 0 Å². The van der Waals surface area contributed by atoms with Crippen LogP contribution in [0.1, 0.15) is 19.4 Å². The van der Waals surface area contributed by atoms with Crippen molar-refractivity contribution in [3.05, 3.63) is 46.2 Å². The van der Waals surface area contributed by atoms with Gasteiger partial charge in [-0.05, 0) is 24.1 Å². The van der Waals surface area contributed by atoms with Crippen molar-refractivity contribution in [1.82, 2.24) is 20.0 Å². The van der Waals surface area contributed by atoms with Crippen LogP contribution in [0.25, 0.3) is 11.3 Å². The van der Waals surface area contributed by atoms with Crippen LogP contribution in [0.15, 0.2) is 40.0 Å². The van der Waals surface area contributed by atoms with Crippen molar-refractivity contribution in [3.8, 4) is 11.3 Å². The Morgan fingerprint density at radius 2 is 1.79 bits per heavy atom. The second kappa shape index (κ2) is 8.55. The molecule has 0 radical (unpaired) electrons. The summed E-state index contributed by atoms with van der Waals surface area (Å²) < 4.78 is 25.0. The van der Waals surface area contributed by atoms with E-state index >= 15 is 0 Å². The molecule has 1 aliphatic heterocycles. The molecule has 7 nitrogen and oxygen atoms in total. The van der Waals surface area contributed by atoms with Gasteiger partial charge in [0.15, 0.2) is 9.84 Å². The molecule has 1 saturated heterocycles. The highest BCUT2D eigenvalue weighted by molar-refractivity contribution is 7.90. The second-order valence-corrected chi connectivity index (χ2v) is 9.77. The molecule has 2 aromatic rings. The number of nitrogens with one attached hydrogen (secondary N) is 1. The fourth-order valence-corrected chi connectivity index (χ4v) is 3.93. The summed E-state index contributed by atoms with van der Waals surface area (Å²) >= 11 is 0. The van der Waals surface area contributed by atoms with Crippen LogP contribution in [0.2, 0.25) is 0 Å². The summed E-state index contributed by atoms with van der Waals surface area (Å²) in [6.07, 6.45) is 1.19. The Morgan fingerprint density at radius 3 is 2.36 bits per heavy atom. The second-order valence-electron chi connectivity index (χ2n) is 7.76. The van der Waals surface area contributed by atoms with Crippen molar-refractivity contribution < 1.29 is 8.42 Å². The van der Waals surface area contributed by atoms with E-state index in [1.807, 2.05) is 6.07 Å². The van der Waals surface area contributed by atoms with Crippen LogP contribution in [0.3, 0.4) is 0 Å². The average Bonchev–Trinajstić information content (AvgIpc) is 2.65. The number of rotatable bonds is 6. The summed E-state index contributed by atoms with van der Waals surface area (Å²) in [5, 5.41) is 7.87. The minimum absolute atomic E-state index is 0.0521. The van der Waals surface area contributed by atoms with Crippen molar-refractivity contribution in [2.24, 2.45) is 5.92 Å². The van der Waals surface area contributed by atoms with Crippen molar-refractivity contribution in [2.45, 2.75) is 31.8 Å². The quantitative estimate of drug-likeness (QED) is 0.783. The molecule has 0 aliphatic carbocycles. The van der Waals surface area contributed by atoms with Gasteiger partial charge in [0.2, 0.25) is 0 Å². The fraction of sp³-hybridized carbons (Fsp3) is 0.500. The summed E-state index contributed by atoms with van der Waals surface area (Å²) in [5.41, 5.74) is 2.15. The molecule has 152 valence electrons. The molecular weight excluding hydrogens is 376 g/mol. The standard InChI is InChI=1S/C20H28N4O3S/c1-15(2)13-24-20(25)17(14-23-10-8-21-9-11-23)12-19(22-24)16-4-6-18(7-5-16)28(3,26)27/h4-7,12,15,21H,8-11,13-14H2,1-3H3. The predicted octanol–water partition coefficient (Wildman–Crippen LogP) is 1.37. The van der Waals surface area contributed by atoms with Gasteiger partial charge in [0.1, 0.15) is 0 Å². The number of hydrogen-bond acceptors (Lipinski definition) is 6. The lowest BCUT2D eigenvalue weighted by Crippen LogP contribution is -2.44. The van der Waals surface area contributed by atoms with Crippen LogP contribution in [-0.2, 0) is 22.9 Å². The van der Waals surface area contributed by atoms with E-state index < -0.39 is 9.84 Å². The van der Waals surface area contributed by atoms with E-state index in [9.17, 15) is 13.2 Å². The SMILES string of the molecule is CC(C)Cn1nc(-c2ccc(S(C)(=O)=O)cc2)cc(CN2CCNCC2)c1=O. The molecule has 28 heavy (non-hydrogen) atoms. The third-order valence-corrected chi connectivity index (χ3v) is 5.90. The lowest BCUT2D eigenvalue weighted by atomic mass is 10.1. The molecule has 3 rings (SSSR count). The minimum atomic E-state index is -3.25. The zero-order valence-electron chi connectivity index (χ0n) is 16.7. The van der Waals surface area contributed by atoms with Gasteiger partial charge in [0.25, 0.3) is 5.56 Å². The molecule has 0 spiro atoms. The smallest absolute Gasteiger partial charge is 0.271 e. The Kier molecular flexibility index (Phi) is 6.32. The largest absolute Gasteiger partial charge is 0.314 e. The van der Waals surface area contributed by atoms with Crippen LogP contribution in [0.4, 0.5) is 0 Å². The average molecular weight is 405 g/mol. The molecule has 2 heterocycles. The number of aromatic nitrogens is 2. The first-order valence-electron chi connectivity index (χ1n) is 9.58. The molecule has 1 N–H and O–H groups in total. The Hall–Kier alpha value is -2.03. The molecule has 1 aromatic carbocycles. The Morgan fingerprint density at radius 1 is 1.14 bits per heavy atom. The van der Waals surface area contributed by atoms with Crippen molar-refractivity contribution >= 4 is 9.84 Å². The predicted molar refractivity (Wildman–Crippen MR) is 110 cm³/mol. The molecule has 1 aromatic heterocycles. The molecular formula is C20H28N4O3S. The van der Waals surface area contributed by atoms with Crippen LogP contribution < -0.4 is 10.9 Å². The molecule has 8 heteroatoms. The Balaban J connectivity index is 1.99. The lowest BCUT2D eigenvalue weighted by Gasteiger charge is -2.27. The Labute approximate surface area is 166 Å². The van der Waals surface area contributed by atoms with Crippen molar-refractivity contribution in [3.63, 3.8) is 0 Å². The maximum atomic E-state index is 12.9. The summed E-state index contributed by atoms with van der Waals surface area (Å²) in [4.78, 5) is 15.5. The van der Waals surface area contributed by atoms with Gasteiger partial charge < -0.3 is 5.32 Å². The van der Waals surface area contributed by atoms with E-state index in [0.717, 1.165) is 37.3 Å². The normalized spacial score (nSPS) is 15.9. The lowest BCUT2D eigenvalue weighted by molar-refractivity contribution is 0.231. The maximum Gasteiger partial charge on any atom is 0.271 e. The van der Waals surface area contributed by atoms with Crippen LogP contribution in [0.5, 0.6) is 0 Å². The molecule has 0 atom stereocenters. The number of hydrogen-bond donors (Lipinski definition) is 1. The van der Waals surface area contributed by atoms with Gasteiger partial charge in [0.05, 0.1) is 10.6 Å². The highest BCUT2D eigenvalue weighted by atomic mass is 32.2. The van der Waals surface area contributed by atoms with E-state index in [1.165, 1.54) is 6.26 Å².